The average Bonchev–Trinajstić information content (AvgIpc) is 2.86. The van der Waals surface area contributed by atoms with Crippen LogP contribution in [0.25, 0.3) is 0 Å². The third-order valence-corrected chi connectivity index (χ3v) is 6.27. The SMILES string of the molecule is CCCCCCCCCCCCOC(=O)C(=CC=CN(CC)CC)C(=O)OCCCCCCCC. The van der Waals surface area contributed by atoms with Gasteiger partial charge >= 0.3 is 11.9 Å². The molecule has 0 bridgehead atoms. The number of rotatable bonds is 24. The van der Waals surface area contributed by atoms with E-state index in [1.54, 1.807) is 6.08 Å². The van der Waals surface area contributed by atoms with Crippen LogP contribution in [0.5, 0.6) is 0 Å². The van der Waals surface area contributed by atoms with Crippen molar-refractivity contribution in [2.45, 2.75) is 130 Å². The molecule has 0 aliphatic heterocycles. The number of nitrogens with zero attached hydrogens (tertiary/aromatic N) is 1. The van der Waals surface area contributed by atoms with Gasteiger partial charge in [0.1, 0.15) is 5.57 Å². The highest BCUT2D eigenvalue weighted by atomic mass is 16.6. The number of hydrogen-bond acceptors (Lipinski definition) is 5. The highest BCUT2D eigenvalue weighted by Crippen LogP contribution is 2.12. The van der Waals surface area contributed by atoms with Crippen molar-refractivity contribution in [2.24, 2.45) is 0 Å². The van der Waals surface area contributed by atoms with Crippen LogP contribution in [0.1, 0.15) is 130 Å². The Hall–Kier alpha value is -1.78. The molecule has 5 nitrogen and oxygen atoms in total. The molecule has 0 rings (SSSR count). The summed E-state index contributed by atoms with van der Waals surface area (Å²) in [6.45, 7) is 11.0. The molecule has 0 fully saturated rings. The average molecular weight is 494 g/mol. The number of carbonyl (C=O) groups is 2. The van der Waals surface area contributed by atoms with Crippen LogP contribution in [0, 0.1) is 0 Å². The zero-order chi connectivity index (χ0) is 26.0. The third-order valence-electron chi connectivity index (χ3n) is 6.27. The van der Waals surface area contributed by atoms with Crippen LogP contribution in [0.4, 0.5) is 0 Å². The smallest absolute Gasteiger partial charge is 0.345 e. The van der Waals surface area contributed by atoms with E-state index in [0.717, 1.165) is 45.2 Å². The van der Waals surface area contributed by atoms with E-state index in [0.29, 0.717) is 13.2 Å². The largest absolute Gasteiger partial charge is 0.462 e. The molecule has 204 valence electrons. The Morgan fingerprint density at radius 1 is 0.571 bits per heavy atom. The quantitative estimate of drug-likeness (QED) is 0.0339. The molecule has 0 unspecified atom stereocenters. The van der Waals surface area contributed by atoms with E-state index in [1.165, 1.54) is 76.7 Å². The molecule has 5 heteroatoms. The molecule has 0 atom stereocenters. The Morgan fingerprint density at radius 2 is 0.943 bits per heavy atom. The van der Waals surface area contributed by atoms with Crippen molar-refractivity contribution in [2.75, 3.05) is 26.3 Å². The minimum Gasteiger partial charge on any atom is -0.462 e. The van der Waals surface area contributed by atoms with Gasteiger partial charge < -0.3 is 14.4 Å². The fourth-order valence-electron chi connectivity index (χ4n) is 3.87. The summed E-state index contributed by atoms with van der Waals surface area (Å²) in [6, 6.07) is 0. The first-order chi connectivity index (χ1) is 17.1. The molecule has 0 heterocycles. The van der Waals surface area contributed by atoms with Gasteiger partial charge in [-0.15, -0.1) is 0 Å². The van der Waals surface area contributed by atoms with Crippen LogP contribution in [0.2, 0.25) is 0 Å². The van der Waals surface area contributed by atoms with Crippen LogP contribution in [0.15, 0.2) is 23.9 Å². The predicted octanol–water partition coefficient (Wildman–Crippen LogP) is 8.14. The summed E-state index contributed by atoms with van der Waals surface area (Å²) in [5, 5.41) is 0. The van der Waals surface area contributed by atoms with E-state index < -0.39 is 11.9 Å². The molecule has 0 aromatic carbocycles. The van der Waals surface area contributed by atoms with E-state index in [9.17, 15) is 9.59 Å². The zero-order valence-electron chi connectivity index (χ0n) is 23.5. The molecular formula is C30H55NO4. The third kappa shape index (κ3) is 20.1. The minimum absolute atomic E-state index is 0.0218. The molecule has 0 saturated heterocycles. The van der Waals surface area contributed by atoms with Gasteiger partial charge in [0.2, 0.25) is 0 Å². The molecule has 0 aliphatic rings. The monoisotopic (exact) mass is 493 g/mol. The Morgan fingerprint density at radius 3 is 1.31 bits per heavy atom. The van der Waals surface area contributed by atoms with E-state index in [4.69, 9.17) is 9.47 Å². The number of carbonyl (C=O) groups excluding carboxylic acids is 2. The Balaban J connectivity index is 4.43. The summed E-state index contributed by atoms with van der Waals surface area (Å²) in [7, 11) is 0. The van der Waals surface area contributed by atoms with Crippen LogP contribution < -0.4 is 0 Å². The van der Waals surface area contributed by atoms with Gasteiger partial charge in [0.05, 0.1) is 13.2 Å². The van der Waals surface area contributed by atoms with E-state index in [-0.39, 0.29) is 5.57 Å². The molecule has 0 spiro atoms. The van der Waals surface area contributed by atoms with Crippen molar-refractivity contribution >= 4 is 11.9 Å². The lowest BCUT2D eigenvalue weighted by Crippen LogP contribution is -2.19. The first kappa shape index (κ1) is 33.2. The number of hydrogen-bond donors (Lipinski definition) is 0. The standard InChI is InChI=1S/C30H55NO4/c1-5-9-11-13-15-16-17-18-20-22-27-35-30(33)28(24-23-25-31(7-3)8-4)29(32)34-26-21-19-14-12-10-6-2/h23-25H,5-22,26-27H2,1-4H3. The number of unbranched alkanes of at least 4 members (excludes halogenated alkanes) is 14. The van der Waals surface area contributed by atoms with Gasteiger partial charge in [-0.3, -0.25) is 0 Å². The Kier molecular flexibility index (Phi) is 24.0. The van der Waals surface area contributed by atoms with Crippen LogP contribution >= 0.6 is 0 Å². The first-order valence-electron chi connectivity index (χ1n) is 14.6. The summed E-state index contributed by atoms with van der Waals surface area (Å²) < 4.78 is 10.8. The van der Waals surface area contributed by atoms with Crippen LogP contribution in [-0.2, 0) is 19.1 Å². The van der Waals surface area contributed by atoms with Crippen molar-refractivity contribution in [1.29, 1.82) is 0 Å². The fraction of sp³-hybridized carbons (Fsp3) is 0.800. The second-order valence-electron chi connectivity index (χ2n) is 9.36. The van der Waals surface area contributed by atoms with Crippen LogP contribution in [-0.4, -0.2) is 43.1 Å². The van der Waals surface area contributed by atoms with Crippen molar-refractivity contribution in [3.8, 4) is 0 Å². The van der Waals surface area contributed by atoms with E-state index >= 15 is 0 Å². The van der Waals surface area contributed by atoms with Gasteiger partial charge in [0.25, 0.3) is 0 Å². The normalized spacial score (nSPS) is 11.7. The van der Waals surface area contributed by atoms with Crippen LogP contribution in [0.3, 0.4) is 0 Å². The van der Waals surface area contributed by atoms with Gasteiger partial charge in [-0.2, -0.15) is 0 Å². The maximum absolute atomic E-state index is 12.6. The maximum Gasteiger partial charge on any atom is 0.345 e. The van der Waals surface area contributed by atoms with Gasteiger partial charge in [0.15, 0.2) is 0 Å². The predicted molar refractivity (Wildman–Crippen MR) is 147 cm³/mol. The Labute approximate surface area is 216 Å². The van der Waals surface area contributed by atoms with Gasteiger partial charge in [-0.05, 0) is 45.0 Å². The highest BCUT2D eigenvalue weighted by Gasteiger charge is 2.20. The summed E-state index contributed by atoms with van der Waals surface area (Å²) in [6.07, 6.45) is 24.1. The maximum atomic E-state index is 12.6. The lowest BCUT2D eigenvalue weighted by atomic mass is 10.1. The molecule has 0 saturated carbocycles. The lowest BCUT2D eigenvalue weighted by Gasteiger charge is -2.14. The summed E-state index contributed by atoms with van der Waals surface area (Å²) in [5.41, 5.74) is -0.0218. The van der Waals surface area contributed by atoms with E-state index in [2.05, 4.69) is 32.6 Å². The molecule has 0 N–H and O–H groups in total. The second-order valence-corrected chi connectivity index (χ2v) is 9.36. The molecule has 0 radical (unpaired) electrons. The molecule has 0 amide bonds. The fourth-order valence-corrected chi connectivity index (χ4v) is 3.87. The van der Waals surface area contributed by atoms with Crippen molar-refractivity contribution in [3.05, 3.63) is 23.9 Å². The number of ether oxygens (including phenoxy) is 2. The molecule has 0 aromatic rings. The highest BCUT2D eigenvalue weighted by molar-refractivity contribution is 6.14. The van der Waals surface area contributed by atoms with Crippen molar-refractivity contribution < 1.29 is 19.1 Å². The molecule has 35 heavy (non-hydrogen) atoms. The minimum atomic E-state index is -0.587. The molecule has 0 aliphatic carbocycles. The number of esters is 2. The molecular weight excluding hydrogens is 438 g/mol. The second kappa shape index (κ2) is 25.3. The first-order valence-corrected chi connectivity index (χ1v) is 14.6. The van der Waals surface area contributed by atoms with Crippen molar-refractivity contribution in [3.63, 3.8) is 0 Å². The lowest BCUT2D eigenvalue weighted by molar-refractivity contribution is -0.147. The zero-order valence-corrected chi connectivity index (χ0v) is 23.5. The number of allylic oxidation sites excluding steroid dienone is 2. The topological polar surface area (TPSA) is 55.8 Å². The van der Waals surface area contributed by atoms with E-state index in [1.807, 2.05) is 6.20 Å². The summed E-state index contributed by atoms with van der Waals surface area (Å²) in [5.74, 6) is -1.17. The van der Waals surface area contributed by atoms with Gasteiger partial charge in [-0.1, -0.05) is 104 Å². The van der Waals surface area contributed by atoms with Gasteiger partial charge in [0, 0.05) is 13.1 Å². The van der Waals surface area contributed by atoms with Gasteiger partial charge in [-0.25, -0.2) is 9.59 Å². The summed E-state index contributed by atoms with van der Waals surface area (Å²) >= 11 is 0. The molecule has 0 aromatic heterocycles. The summed E-state index contributed by atoms with van der Waals surface area (Å²) in [4.78, 5) is 27.3. The van der Waals surface area contributed by atoms with Crippen molar-refractivity contribution in [1.82, 2.24) is 4.90 Å². The Bertz CT molecular complexity index is 567.